The number of fused-ring (bicyclic) bond motifs is 1. The van der Waals surface area contributed by atoms with Crippen LogP contribution in [0.2, 0.25) is 0 Å². The third kappa shape index (κ3) is 3.50. The summed E-state index contributed by atoms with van der Waals surface area (Å²) in [6, 6.07) is 8.14. The Morgan fingerprint density at radius 1 is 1.29 bits per heavy atom. The molecule has 2 aromatic heterocycles. The van der Waals surface area contributed by atoms with E-state index < -0.39 is 15.1 Å². The van der Waals surface area contributed by atoms with E-state index in [1.165, 1.54) is 23.7 Å². The van der Waals surface area contributed by atoms with Crippen molar-refractivity contribution in [2.45, 2.75) is 28.8 Å². The first-order valence-electron chi connectivity index (χ1n) is 8.61. The number of rotatable bonds is 4. The Balaban J connectivity index is 1.54. The molecular formula is C19H17N3O4S2. The van der Waals surface area contributed by atoms with Gasteiger partial charge in [-0.2, -0.15) is 0 Å². The molecule has 28 heavy (non-hydrogen) atoms. The molecule has 144 valence electrons. The van der Waals surface area contributed by atoms with Crippen molar-refractivity contribution < 1.29 is 17.9 Å². The molecule has 0 radical (unpaired) electrons. The highest BCUT2D eigenvalue weighted by Gasteiger charge is 2.38. The molecule has 0 saturated carbocycles. The van der Waals surface area contributed by atoms with E-state index in [9.17, 15) is 13.2 Å². The quantitative estimate of drug-likeness (QED) is 0.702. The lowest BCUT2D eigenvalue weighted by molar-refractivity contribution is 0.0933. The summed E-state index contributed by atoms with van der Waals surface area (Å²) in [5.74, 6) is 0.497. The van der Waals surface area contributed by atoms with Gasteiger partial charge in [0.1, 0.15) is 9.96 Å². The summed E-state index contributed by atoms with van der Waals surface area (Å²) in [5.41, 5.74) is 1.07. The minimum absolute atomic E-state index is 0.293. The highest BCUT2D eigenvalue weighted by molar-refractivity contribution is 7.94. The van der Waals surface area contributed by atoms with Gasteiger partial charge in [0, 0.05) is 23.5 Å². The van der Waals surface area contributed by atoms with Crippen LogP contribution in [0.25, 0.3) is 0 Å². The smallest absolute Gasteiger partial charge is 0.251 e. The van der Waals surface area contributed by atoms with Gasteiger partial charge in [-0.1, -0.05) is 6.07 Å². The van der Waals surface area contributed by atoms with Crippen LogP contribution in [0.5, 0.6) is 11.6 Å². The number of thiophene rings is 1. The molecule has 2 atom stereocenters. The predicted molar refractivity (Wildman–Crippen MR) is 104 cm³/mol. The maximum absolute atomic E-state index is 12.8. The first-order valence-corrected chi connectivity index (χ1v) is 11.0. The van der Waals surface area contributed by atoms with Crippen LogP contribution >= 0.6 is 11.3 Å². The Hall–Kier alpha value is -2.78. The van der Waals surface area contributed by atoms with Gasteiger partial charge in [0.2, 0.25) is 5.88 Å². The highest BCUT2D eigenvalue weighted by atomic mass is 32.2. The maximum atomic E-state index is 12.8. The summed E-state index contributed by atoms with van der Waals surface area (Å²) in [7, 11) is -3.32. The maximum Gasteiger partial charge on any atom is 0.251 e. The van der Waals surface area contributed by atoms with Crippen LogP contribution in [0.4, 0.5) is 0 Å². The molecule has 9 heteroatoms. The van der Waals surface area contributed by atoms with Gasteiger partial charge in [0.05, 0.1) is 17.5 Å². The number of amides is 1. The minimum Gasteiger partial charge on any atom is -0.437 e. The molecule has 1 aliphatic rings. The topological polar surface area (TPSA) is 98.2 Å². The molecule has 3 heterocycles. The lowest BCUT2D eigenvalue weighted by Gasteiger charge is -2.28. The molecule has 3 aromatic rings. The molecule has 1 amide bonds. The van der Waals surface area contributed by atoms with Gasteiger partial charge in [-0.3, -0.25) is 9.78 Å². The fraction of sp³-hybridized carbons (Fsp3) is 0.211. The van der Waals surface area contributed by atoms with Gasteiger partial charge < -0.3 is 10.1 Å². The number of ether oxygens (including phenoxy) is 1. The number of hydrogen-bond acceptors (Lipinski definition) is 7. The first kappa shape index (κ1) is 18.6. The summed E-state index contributed by atoms with van der Waals surface area (Å²) in [6.45, 7) is 1.67. The van der Waals surface area contributed by atoms with Crippen LogP contribution in [0.15, 0.2) is 58.5 Å². The van der Waals surface area contributed by atoms with Crippen molar-refractivity contribution >= 4 is 27.1 Å². The molecule has 1 aromatic carbocycles. The van der Waals surface area contributed by atoms with Crippen LogP contribution in [-0.4, -0.2) is 29.5 Å². The Morgan fingerprint density at radius 2 is 2.14 bits per heavy atom. The van der Waals surface area contributed by atoms with Crippen molar-refractivity contribution in [3.63, 3.8) is 0 Å². The molecule has 0 saturated heterocycles. The van der Waals surface area contributed by atoms with E-state index >= 15 is 0 Å². The number of benzene rings is 1. The number of sulfone groups is 1. The van der Waals surface area contributed by atoms with Gasteiger partial charge in [-0.25, -0.2) is 13.4 Å². The number of aromatic nitrogens is 2. The van der Waals surface area contributed by atoms with E-state index in [2.05, 4.69) is 15.3 Å². The monoisotopic (exact) mass is 415 g/mol. The average Bonchev–Trinajstić information content (AvgIpc) is 3.19. The van der Waals surface area contributed by atoms with E-state index in [1.54, 1.807) is 48.8 Å². The Labute approximate surface area is 166 Å². The number of carbonyl (C=O) groups excluding carboxylic acids is 1. The van der Waals surface area contributed by atoms with E-state index in [4.69, 9.17) is 4.74 Å². The zero-order valence-corrected chi connectivity index (χ0v) is 16.5. The van der Waals surface area contributed by atoms with Crippen LogP contribution in [-0.2, 0) is 9.84 Å². The molecule has 0 fully saturated rings. The van der Waals surface area contributed by atoms with Crippen LogP contribution in [0.3, 0.4) is 0 Å². The van der Waals surface area contributed by atoms with Crippen LogP contribution in [0.1, 0.15) is 35.3 Å². The standard InChI is InChI=1S/C19H17N3O4S2/c1-12-9-16(15-5-8-27-19(15)28(12,24)25)22-18(23)13-3-2-4-14(10-13)26-17-11-20-6-7-21-17/h2-8,10-12,16H,9H2,1H3,(H,22,23)/t12-,16-/m0/s1. The number of hydrogen-bond donors (Lipinski definition) is 1. The molecule has 4 rings (SSSR count). The lowest BCUT2D eigenvalue weighted by Crippen LogP contribution is -2.36. The van der Waals surface area contributed by atoms with Crippen molar-refractivity contribution in [2.75, 3.05) is 0 Å². The lowest BCUT2D eigenvalue weighted by atomic mass is 10.0. The molecule has 0 spiro atoms. The molecule has 7 nitrogen and oxygen atoms in total. The summed E-state index contributed by atoms with van der Waals surface area (Å²) < 4.78 is 30.9. The second-order valence-corrected chi connectivity index (χ2v) is 9.93. The Morgan fingerprint density at radius 3 is 2.93 bits per heavy atom. The van der Waals surface area contributed by atoms with Gasteiger partial charge in [-0.05, 0) is 43.0 Å². The average molecular weight is 415 g/mol. The predicted octanol–water partition coefficient (Wildman–Crippen LogP) is 3.37. The zero-order chi connectivity index (χ0) is 19.7. The second kappa shape index (κ2) is 7.33. The summed E-state index contributed by atoms with van der Waals surface area (Å²) >= 11 is 1.19. The largest absolute Gasteiger partial charge is 0.437 e. The van der Waals surface area contributed by atoms with Gasteiger partial charge in [0.15, 0.2) is 9.84 Å². The van der Waals surface area contributed by atoms with Crippen molar-refractivity contribution in [1.29, 1.82) is 0 Å². The molecule has 1 aliphatic heterocycles. The van der Waals surface area contributed by atoms with E-state index in [0.29, 0.717) is 33.4 Å². The summed E-state index contributed by atoms with van der Waals surface area (Å²) in [6.07, 6.45) is 4.88. The Bertz CT molecular complexity index is 1110. The molecule has 1 N–H and O–H groups in total. The third-order valence-electron chi connectivity index (χ3n) is 4.55. The van der Waals surface area contributed by atoms with Gasteiger partial charge >= 0.3 is 0 Å². The van der Waals surface area contributed by atoms with E-state index in [0.717, 1.165) is 0 Å². The molecule has 0 aliphatic carbocycles. The van der Waals surface area contributed by atoms with Crippen LogP contribution < -0.4 is 10.1 Å². The highest BCUT2D eigenvalue weighted by Crippen LogP contribution is 2.39. The van der Waals surface area contributed by atoms with Crippen molar-refractivity contribution in [1.82, 2.24) is 15.3 Å². The molecule has 0 unspecified atom stereocenters. The van der Waals surface area contributed by atoms with E-state index in [1.807, 2.05) is 0 Å². The van der Waals surface area contributed by atoms with Crippen molar-refractivity contribution in [3.05, 3.63) is 65.4 Å². The van der Waals surface area contributed by atoms with E-state index in [-0.39, 0.29) is 11.9 Å². The first-order chi connectivity index (χ1) is 13.4. The van der Waals surface area contributed by atoms with Crippen LogP contribution in [0, 0.1) is 0 Å². The minimum atomic E-state index is -3.32. The summed E-state index contributed by atoms with van der Waals surface area (Å²) in [4.78, 5) is 20.8. The number of nitrogens with zero attached hydrogens (tertiary/aromatic N) is 2. The van der Waals surface area contributed by atoms with Crippen molar-refractivity contribution in [3.8, 4) is 11.6 Å². The third-order valence-corrected chi connectivity index (χ3v) is 8.26. The molecule has 0 bridgehead atoms. The zero-order valence-electron chi connectivity index (χ0n) is 14.9. The van der Waals surface area contributed by atoms with Gasteiger partial charge in [-0.15, -0.1) is 11.3 Å². The van der Waals surface area contributed by atoms with Crippen molar-refractivity contribution in [2.24, 2.45) is 0 Å². The molecular weight excluding hydrogens is 398 g/mol. The fourth-order valence-electron chi connectivity index (χ4n) is 3.10. The number of carbonyl (C=O) groups is 1. The summed E-state index contributed by atoms with van der Waals surface area (Å²) in [5, 5.41) is 4.16. The van der Waals surface area contributed by atoms with Gasteiger partial charge in [0.25, 0.3) is 5.91 Å². The number of nitrogens with one attached hydrogen (secondary N) is 1. The normalized spacial score (nSPS) is 20.2. The SMILES string of the molecule is C[C@H]1C[C@H](NC(=O)c2cccc(Oc3cnccn3)c2)c2ccsc2S1(=O)=O. The fourth-order valence-corrected chi connectivity index (χ4v) is 6.33. The second-order valence-electron chi connectivity index (χ2n) is 6.45. The Kier molecular flexibility index (Phi) is 4.86.